The van der Waals surface area contributed by atoms with Gasteiger partial charge in [0.1, 0.15) is 12.4 Å². The summed E-state index contributed by atoms with van der Waals surface area (Å²) in [6, 6.07) is 6.16. The summed E-state index contributed by atoms with van der Waals surface area (Å²) < 4.78 is 29.6. The van der Waals surface area contributed by atoms with Crippen LogP contribution in [0.1, 0.15) is 23.2 Å². The van der Waals surface area contributed by atoms with Gasteiger partial charge in [-0.25, -0.2) is 8.42 Å². The number of nitrogens with one attached hydrogen (secondary N) is 3. The Morgan fingerprint density at radius 3 is 2.65 bits per heavy atom. The van der Waals surface area contributed by atoms with E-state index >= 15 is 0 Å². The smallest absolute Gasteiger partial charge is 0.305 e. The molecule has 31 heavy (non-hydrogen) atoms. The van der Waals surface area contributed by atoms with E-state index in [1.807, 2.05) is 0 Å². The molecule has 0 spiro atoms. The number of aliphatic imine (C=N–C) groups is 1. The molecule has 1 aromatic rings. The molecule has 172 valence electrons. The highest BCUT2D eigenvalue weighted by atomic mass is 79.9. The summed E-state index contributed by atoms with van der Waals surface area (Å²) in [5.41, 5.74) is 0.193. The zero-order valence-corrected chi connectivity index (χ0v) is 19.2. The fourth-order valence-corrected chi connectivity index (χ4v) is 4.63. The highest BCUT2D eigenvalue weighted by Crippen LogP contribution is 2.14. The third kappa shape index (κ3) is 9.11. The van der Waals surface area contributed by atoms with Crippen molar-refractivity contribution in [3.8, 4) is 5.75 Å². The number of sulfonamides is 1. The Kier molecular flexibility index (Phi) is 10.0. The van der Waals surface area contributed by atoms with Crippen LogP contribution in [0.2, 0.25) is 0 Å². The van der Waals surface area contributed by atoms with E-state index in [1.165, 1.54) is 12.1 Å². The van der Waals surface area contributed by atoms with E-state index < -0.39 is 28.3 Å². The van der Waals surface area contributed by atoms with Crippen molar-refractivity contribution in [1.29, 1.82) is 0 Å². The number of hydrogen-bond acceptors (Lipinski definition) is 8. The third-order valence-corrected chi connectivity index (χ3v) is 6.21. The minimum Gasteiger partial charge on any atom is -0.492 e. The van der Waals surface area contributed by atoms with Gasteiger partial charge in [-0.15, -0.1) is 4.83 Å². The van der Waals surface area contributed by atoms with E-state index in [4.69, 9.17) is 9.84 Å². The fraction of sp³-hybridized carbons (Fsp3) is 0.500. The molecule has 1 aromatic carbocycles. The topological polar surface area (TPSA) is 149 Å². The van der Waals surface area contributed by atoms with Crippen LogP contribution in [0, 0.1) is 0 Å². The first-order valence-corrected chi connectivity index (χ1v) is 12.4. The van der Waals surface area contributed by atoms with Crippen molar-refractivity contribution in [3.63, 3.8) is 0 Å². The lowest BCUT2D eigenvalue weighted by Gasteiger charge is -2.22. The van der Waals surface area contributed by atoms with Crippen molar-refractivity contribution >= 4 is 43.8 Å². The van der Waals surface area contributed by atoms with Crippen molar-refractivity contribution in [3.05, 3.63) is 29.8 Å². The van der Waals surface area contributed by atoms with Crippen LogP contribution in [0.4, 0.5) is 0 Å². The summed E-state index contributed by atoms with van der Waals surface area (Å²) >= 11 is 3.03. The van der Waals surface area contributed by atoms with Crippen LogP contribution in [0.3, 0.4) is 0 Å². The highest BCUT2D eigenvalue weighted by molar-refractivity contribution is 9.09. The van der Waals surface area contributed by atoms with Gasteiger partial charge in [0, 0.05) is 30.5 Å². The molecule has 1 heterocycles. The number of halogens is 1. The van der Waals surface area contributed by atoms with Gasteiger partial charge in [-0.2, -0.15) is 0 Å². The van der Waals surface area contributed by atoms with Crippen LogP contribution in [-0.2, 0) is 14.8 Å². The van der Waals surface area contributed by atoms with Crippen LogP contribution in [-0.4, -0.2) is 80.2 Å². The van der Waals surface area contributed by atoms with Gasteiger partial charge in [0.25, 0.3) is 5.91 Å². The number of rotatable bonds is 12. The summed E-state index contributed by atoms with van der Waals surface area (Å²) in [4.78, 5) is 30.0. The number of hydrogen-bond donors (Lipinski definition) is 4. The first-order valence-electron chi connectivity index (χ1n) is 9.65. The molecule has 0 bridgehead atoms. The van der Waals surface area contributed by atoms with E-state index in [2.05, 4.69) is 36.4 Å². The largest absolute Gasteiger partial charge is 0.492 e. The number of carbonyl (C=O) groups excluding carboxylic acids is 1. The Morgan fingerprint density at radius 1 is 1.29 bits per heavy atom. The lowest BCUT2D eigenvalue weighted by molar-refractivity contribution is -0.137. The summed E-state index contributed by atoms with van der Waals surface area (Å²) in [7, 11) is -3.80. The molecule has 0 aromatic heterocycles. The van der Waals surface area contributed by atoms with Crippen molar-refractivity contribution in [2.24, 2.45) is 4.99 Å². The Bertz CT molecular complexity index is 878. The molecular formula is C18H26BrN5O6S. The Hall–Kier alpha value is -2.38. The average molecular weight is 520 g/mol. The first-order chi connectivity index (χ1) is 14.8. The molecule has 0 aliphatic carbocycles. The molecule has 11 nitrogen and oxygen atoms in total. The van der Waals surface area contributed by atoms with Crippen LogP contribution in [0.15, 0.2) is 29.3 Å². The molecular weight excluding hydrogens is 494 g/mol. The number of ether oxygens (including phenoxy) is 1. The molecule has 2 rings (SSSR count). The van der Waals surface area contributed by atoms with Crippen molar-refractivity contribution in [2.45, 2.75) is 12.8 Å². The number of hydrazine groups is 1. The number of carbonyl (C=O) groups is 2. The standard InChI is InChI=1S/C18H26BrN5O6S/c19-7-13-31(28,29)23-24(11-6-16(25)26)17(27)14-2-4-15(5-3-14)30-12-10-22-18-20-8-1-9-21-18/h2-5,23H,1,6-13H2,(H,25,26)(H2,20,21,22). The maximum atomic E-state index is 12.7. The molecule has 13 heteroatoms. The van der Waals surface area contributed by atoms with Gasteiger partial charge in [0.05, 0.1) is 18.7 Å². The quantitative estimate of drug-likeness (QED) is 0.173. The lowest BCUT2D eigenvalue weighted by atomic mass is 10.2. The molecule has 1 aliphatic rings. The second kappa shape index (κ2) is 12.5. The summed E-state index contributed by atoms with van der Waals surface area (Å²) in [6.45, 7) is 2.30. The number of aliphatic carboxylic acids is 1. The third-order valence-electron chi connectivity index (χ3n) is 4.05. The van der Waals surface area contributed by atoms with E-state index in [-0.39, 0.29) is 23.2 Å². The van der Waals surface area contributed by atoms with Gasteiger partial charge in [-0.3, -0.25) is 19.6 Å². The predicted octanol–water partition coefficient (Wildman–Crippen LogP) is 0.151. The molecule has 0 radical (unpaired) electrons. The molecule has 1 amide bonds. The maximum Gasteiger partial charge on any atom is 0.305 e. The fourth-order valence-electron chi connectivity index (χ4n) is 2.55. The van der Waals surface area contributed by atoms with Crippen molar-refractivity contribution < 1.29 is 27.9 Å². The van der Waals surface area contributed by atoms with Crippen LogP contribution in [0.25, 0.3) is 0 Å². The molecule has 0 fully saturated rings. The summed E-state index contributed by atoms with van der Waals surface area (Å²) in [6.07, 6.45) is 0.607. The van der Waals surface area contributed by atoms with E-state index in [0.717, 1.165) is 30.5 Å². The molecule has 1 aliphatic heterocycles. The zero-order valence-electron chi connectivity index (χ0n) is 16.8. The average Bonchev–Trinajstić information content (AvgIpc) is 2.74. The Morgan fingerprint density at radius 2 is 2.03 bits per heavy atom. The van der Waals surface area contributed by atoms with E-state index in [1.54, 1.807) is 12.1 Å². The van der Waals surface area contributed by atoms with Gasteiger partial charge >= 0.3 is 5.97 Å². The minimum absolute atomic E-state index is 0.174. The minimum atomic E-state index is -3.80. The van der Waals surface area contributed by atoms with Gasteiger partial charge < -0.3 is 20.5 Å². The van der Waals surface area contributed by atoms with Gasteiger partial charge in [0.15, 0.2) is 5.96 Å². The normalized spacial score (nSPS) is 13.6. The number of amides is 1. The maximum absolute atomic E-state index is 12.7. The van der Waals surface area contributed by atoms with Crippen LogP contribution in [0.5, 0.6) is 5.75 Å². The molecule has 0 unspecified atom stereocenters. The summed E-state index contributed by atoms with van der Waals surface area (Å²) in [5.74, 6) is -0.779. The van der Waals surface area contributed by atoms with Crippen LogP contribution >= 0.6 is 15.9 Å². The second-order valence-corrected chi connectivity index (χ2v) is 9.12. The monoisotopic (exact) mass is 519 g/mol. The zero-order chi connectivity index (χ0) is 22.7. The van der Waals surface area contributed by atoms with Gasteiger partial charge in [0.2, 0.25) is 10.0 Å². The number of carboxylic acids is 1. The first kappa shape index (κ1) is 24.9. The lowest BCUT2D eigenvalue weighted by Crippen LogP contribution is -2.48. The number of carboxylic acid groups (broad SMARTS) is 1. The number of alkyl halides is 1. The molecule has 0 saturated heterocycles. The molecule has 0 atom stereocenters. The number of benzene rings is 1. The number of nitrogens with zero attached hydrogens (tertiary/aromatic N) is 2. The van der Waals surface area contributed by atoms with E-state index in [9.17, 15) is 18.0 Å². The SMILES string of the molecule is O=C(O)CCN(NS(=O)(=O)CCBr)C(=O)c1ccc(OCCNC2=NCCCN2)cc1. The molecule has 4 N–H and O–H groups in total. The van der Waals surface area contributed by atoms with Crippen molar-refractivity contribution in [1.82, 2.24) is 20.5 Å². The summed E-state index contributed by atoms with van der Waals surface area (Å²) in [5, 5.41) is 16.1. The van der Waals surface area contributed by atoms with Crippen LogP contribution < -0.4 is 20.2 Å². The second-order valence-electron chi connectivity index (χ2n) is 6.51. The number of guanidine groups is 1. The van der Waals surface area contributed by atoms with Gasteiger partial charge in [-0.05, 0) is 30.7 Å². The Balaban J connectivity index is 1.93. The molecule has 0 saturated carbocycles. The predicted molar refractivity (Wildman–Crippen MR) is 119 cm³/mol. The van der Waals surface area contributed by atoms with E-state index in [0.29, 0.717) is 18.9 Å². The van der Waals surface area contributed by atoms with Gasteiger partial charge in [-0.1, -0.05) is 15.9 Å². The Labute approximate surface area is 189 Å². The highest BCUT2D eigenvalue weighted by Gasteiger charge is 2.22. The van der Waals surface area contributed by atoms with Crippen molar-refractivity contribution in [2.75, 3.05) is 43.9 Å².